The number of nitro benzene ring substituents is 2. The lowest BCUT2D eigenvalue weighted by Crippen LogP contribution is -2.17. The minimum Gasteiger partial charge on any atom is -0.290 e. The normalized spacial score (nSPS) is 10.3. The standard InChI is InChI=1S/C14H13N5O5/c1-7-4-8(2)16-14(15-7)17-13(20)11-5-10(18(21)22)6-12(9(11)3)19(23)24/h4-6H,1-3H3,(H,15,16,17,20). The molecule has 1 amide bonds. The Morgan fingerprint density at radius 3 is 2.08 bits per heavy atom. The molecule has 0 spiro atoms. The van der Waals surface area contributed by atoms with Crippen LogP contribution in [0.1, 0.15) is 27.3 Å². The van der Waals surface area contributed by atoms with Gasteiger partial charge in [0.2, 0.25) is 5.95 Å². The van der Waals surface area contributed by atoms with Gasteiger partial charge >= 0.3 is 0 Å². The van der Waals surface area contributed by atoms with Gasteiger partial charge in [0.25, 0.3) is 17.3 Å². The molecule has 10 nitrogen and oxygen atoms in total. The van der Waals surface area contributed by atoms with Gasteiger partial charge < -0.3 is 0 Å². The van der Waals surface area contributed by atoms with E-state index in [-0.39, 0.29) is 17.1 Å². The minimum absolute atomic E-state index is 0.0195. The van der Waals surface area contributed by atoms with Gasteiger partial charge in [-0.25, -0.2) is 9.97 Å². The fraction of sp³-hybridized carbons (Fsp3) is 0.214. The van der Waals surface area contributed by atoms with E-state index < -0.39 is 27.1 Å². The summed E-state index contributed by atoms with van der Waals surface area (Å²) in [6, 6.07) is 3.51. The van der Waals surface area contributed by atoms with Crippen molar-refractivity contribution in [1.82, 2.24) is 9.97 Å². The van der Waals surface area contributed by atoms with E-state index in [2.05, 4.69) is 15.3 Å². The van der Waals surface area contributed by atoms with Crippen LogP contribution in [0.15, 0.2) is 18.2 Å². The van der Waals surface area contributed by atoms with Crippen LogP contribution < -0.4 is 5.32 Å². The Labute approximate surface area is 135 Å². The first-order valence-corrected chi connectivity index (χ1v) is 6.76. The van der Waals surface area contributed by atoms with E-state index in [1.54, 1.807) is 19.9 Å². The molecule has 0 saturated heterocycles. The van der Waals surface area contributed by atoms with Crippen LogP contribution in [-0.2, 0) is 0 Å². The van der Waals surface area contributed by atoms with Crippen LogP contribution in [0.25, 0.3) is 0 Å². The molecular formula is C14H13N5O5. The molecule has 1 N–H and O–H groups in total. The number of aryl methyl sites for hydroxylation is 2. The van der Waals surface area contributed by atoms with E-state index in [4.69, 9.17) is 0 Å². The number of nitro groups is 2. The second-order valence-electron chi connectivity index (χ2n) is 5.08. The summed E-state index contributed by atoms with van der Waals surface area (Å²) in [6.45, 7) is 4.78. The van der Waals surface area contributed by atoms with Crippen LogP contribution in [0.5, 0.6) is 0 Å². The summed E-state index contributed by atoms with van der Waals surface area (Å²) in [7, 11) is 0. The van der Waals surface area contributed by atoms with Gasteiger partial charge in [-0.05, 0) is 26.8 Å². The smallest absolute Gasteiger partial charge is 0.279 e. The zero-order valence-electron chi connectivity index (χ0n) is 13.1. The summed E-state index contributed by atoms with van der Waals surface area (Å²) in [4.78, 5) is 40.9. The molecule has 0 fully saturated rings. The van der Waals surface area contributed by atoms with E-state index in [1.165, 1.54) is 6.92 Å². The molecule has 0 aliphatic heterocycles. The van der Waals surface area contributed by atoms with E-state index in [9.17, 15) is 25.0 Å². The molecule has 1 aromatic heterocycles. The van der Waals surface area contributed by atoms with Crippen molar-refractivity contribution in [2.75, 3.05) is 5.32 Å². The highest BCUT2D eigenvalue weighted by atomic mass is 16.6. The van der Waals surface area contributed by atoms with Crippen LogP contribution >= 0.6 is 0 Å². The number of carbonyl (C=O) groups excluding carboxylic acids is 1. The highest BCUT2D eigenvalue weighted by Gasteiger charge is 2.25. The van der Waals surface area contributed by atoms with E-state index in [0.717, 1.165) is 12.1 Å². The van der Waals surface area contributed by atoms with Crippen molar-refractivity contribution in [3.05, 3.63) is 60.9 Å². The maximum atomic E-state index is 12.4. The van der Waals surface area contributed by atoms with Crippen LogP contribution in [0, 0.1) is 41.0 Å². The lowest BCUT2D eigenvalue weighted by Gasteiger charge is -2.08. The van der Waals surface area contributed by atoms with E-state index >= 15 is 0 Å². The Balaban J connectivity index is 2.48. The molecule has 24 heavy (non-hydrogen) atoms. The van der Waals surface area contributed by atoms with Gasteiger partial charge in [0.15, 0.2) is 0 Å². The summed E-state index contributed by atoms with van der Waals surface area (Å²) in [5.41, 5.74) is 0.0414. The van der Waals surface area contributed by atoms with Crippen molar-refractivity contribution in [2.45, 2.75) is 20.8 Å². The predicted molar refractivity (Wildman–Crippen MR) is 83.9 cm³/mol. The van der Waals surface area contributed by atoms with Crippen LogP contribution in [-0.4, -0.2) is 25.7 Å². The molecule has 10 heteroatoms. The maximum absolute atomic E-state index is 12.4. The number of nitrogens with zero attached hydrogens (tertiary/aromatic N) is 4. The monoisotopic (exact) mass is 331 g/mol. The number of aromatic nitrogens is 2. The number of carbonyl (C=O) groups is 1. The quantitative estimate of drug-likeness (QED) is 0.669. The first kappa shape index (κ1) is 16.9. The van der Waals surface area contributed by atoms with Crippen molar-refractivity contribution >= 4 is 23.2 Å². The Hall–Kier alpha value is -3.43. The third kappa shape index (κ3) is 3.48. The summed E-state index contributed by atoms with van der Waals surface area (Å²) in [6.07, 6.45) is 0. The lowest BCUT2D eigenvalue weighted by atomic mass is 10.0. The van der Waals surface area contributed by atoms with Crippen LogP contribution in [0.3, 0.4) is 0 Å². The number of amides is 1. The average molecular weight is 331 g/mol. The zero-order chi connectivity index (χ0) is 18.0. The largest absolute Gasteiger partial charge is 0.290 e. The van der Waals surface area contributed by atoms with Gasteiger partial charge in [-0.3, -0.25) is 30.3 Å². The fourth-order valence-corrected chi connectivity index (χ4v) is 2.17. The molecule has 124 valence electrons. The van der Waals surface area contributed by atoms with Crippen molar-refractivity contribution < 1.29 is 14.6 Å². The summed E-state index contributed by atoms with van der Waals surface area (Å²) in [5.74, 6) is -0.740. The molecule has 2 aromatic rings. The van der Waals surface area contributed by atoms with Crippen molar-refractivity contribution in [3.8, 4) is 0 Å². The van der Waals surface area contributed by atoms with E-state index in [1.807, 2.05) is 0 Å². The topological polar surface area (TPSA) is 141 Å². The second kappa shape index (κ2) is 6.36. The number of hydrogen-bond donors (Lipinski definition) is 1. The van der Waals surface area contributed by atoms with Crippen LogP contribution in [0.4, 0.5) is 17.3 Å². The van der Waals surface area contributed by atoms with Gasteiger partial charge in [0, 0.05) is 23.0 Å². The fourth-order valence-electron chi connectivity index (χ4n) is 2.17. The second-order valence-corrected chi connectivity index (χ2v) is 5.08. The minimum atomic E-state index is -0.795. The maximum Gasteiger partial charge on any atom is 0.279 e. The number of rotatable bonds is 4. The third-order valence-electron chi connectivity index (χ3n) is 3.22. The summed E-state index contributed by atoms with van der Waals surface area (Å²) in [5, 5.41) is 24.4. The number of benzene rings is 1. The summed E-state index contributed by atoms with van der Waals surface area (Å²) >= 11 is 0. The van der Waals surface area contributed by atoms with Gasteiger partial charge in [-0.2, -0.15) is 0 Å². The van der Waals surface area contributed by atoms with Gasteiger partial charge in [0.05, 0.1) is 21.5 Å². The van der Waals surface area contributed by atoms with Gasteiger partial charge in [0.1, 0.15) is 0 Å². The SMILES string of the molecule is Cc1cc(C)nc(NC(=O)c2cc([N+](=O)[O-])cc([N+](=O)[O-])c2C)n1. The zero-order valence-corrected chi connectivity index (χ0v) is 13.1. The Morgan fingerprint density at radius 1 is 1.00 bits per heavy atom. The highest BCUT2D eigenvalue weighted by molar-refractivity contribution is 6.05. The number of nitrogens with one attached hydrogen (secondary N) is 1. The Kier molecular flexibility index (Phi) is 4.49. The predicted octanol–water partition coefficient (Wildman–Crippen LogP) is 2.47. The molecule has 1 heterocycles. The van der Waals surface area contributed by atoms with Gasteiger partial charge in [-0.15, -0.1) is 0 Å². The van der Waals surface area contributed by atoms with Gasteiger partial charge in [-0.1, -0.05) is 0 Å². The number of hydrogen-bond acceptors (Lipinski definition) is 7. The number of non-ortho nitro benzene ring substituents is 1. The van der Waals surface area contributed by atoms with Crippen molar-refractivity contribution in [3.63, 3.8) is 0 Å². The molecule has 2 rings (SSSR count). The molecule has 0 aliphatic rings. The molecule has 1 aromatic carbocycles. The Bertz CT molecular complexity index is 845. The summed E-state index contributed by atoms with van der Waals surface area (Å²) < 4.78 is 0. The molecule has 0 aliphatic carbocycles. The lowest BCUT2D eigenvalue weighted by molar-refractivity contribution is -0.394. The Morgan fingerprint density at radius 2 is 1.58 bits per heavy atom. The molecule has 0 radical (unpaired) electrons. The molecule has 0 saturated carbocycles. The first-order valence-electron chi connectivity index (χ1n) is 6.76. The third-order valence-corrected chi connectivity index (χ3v) is 3.22. The van der Waals surface area contributed by atoms with E-state index in [0.29, 0.717) is 11.4 Å². The van der Waals surface area contributed by atoms with Crippen LogP contribution in [0.2, 0.25) is 0 Å². The molecule has 0 unspecified atom stereocenters. The first-order chi connectivity index (χ1) is 11.2. The highest BCUT2D eigenvalue weighted by Crippen LogP contribution is 2.28. The molecule has 0 bridgehead atoms. The van der Waals surface area contributed by atoms with Crippen molar-refractivity contribution in [1.29, 1.82) is 0 Å². The average Bonchev–Trinajstić information content (AvgIpc) is 2.45. The van der Waals surface area contributed by atoms with Crippen molar-refractivity contribution in [2.24, 2.45) is 0 Å². The number of anilines is 1. The molecular weight excluding hydrogens is 318 g/mol. The molecule has 0 atom stereocenters.